The monoisotopic (exact) mass is 246 g/mol. The van der Waals surface area contributed by atoms with Gasteiger partial charge in [0.05, 0.1) is 6.04 Å². The van der Waals surface area contributed by atoms with Crippen molar-refractivity contribution in [3.63, 3.8) is 0 Å². The summed E-state index contributed by atoms with van der Waals surface area (Å²) in [6, 6.07) is 5.67. The molecule has 1 aromatic rings. The predicted octanol–water partition coefficient (Wildman–Crippen LogP) is 1.40. The van der Waals surface area contributed by atoms with E-state index in [1.165, 1.54) is 0 Å². The van der Waals surface area contributed by atoms with Crippen molar-refractivity contribution in [3.05, 3.63) is 29.3 Å². The molecule has 1 atom stereocenters. The van der Waals surface area contributed by atoms with E-state index in [2.05, 4.69) is 0 Å². The van der Waals surface area contributed by atoms with Gasteiger partial charge in [0, 0.05) is 19.2 Å². The Morgan fingerprint density at radius 3 is 2.67 bits per heavy atom. The Labute approximate surface area is 107 Å². The molecule has 4 nitrogen and oxygen atoms in total. The van der Waals surface area contributed by atoms with Crippen LogP contribution >= 0.6 is 0 Å². The maximum Gasteiger partial charge on any atom is 0.227 e. The highest BCUT2D eigenvalue weighted by atomic mass is 16.2. The molecule has 0 aliphatic carbocycles. The van der Waals surface area contributed by atoms with Crippen LogP contribution in [0.4, 0.5) is 5.69 Å². The molecular weight excluding hydrogens is 228 g/mol. The third-order valence-electron chi connectivity index (χ3n) is 3.47. The van der Waals surface area contributed by atoms with Crippen molar-refractivity contribution in [1.82, 2.24) is 4.90 Å². The van der Waals surface area contributed by atoms with Crippen LogP contribution in [0.5, 0.6) is 0 Å². The molecule has 2 rings (SSSR count). The standard InChI is InChI=1S/C14H18N2O2/c1-15(2)13(9-17)11-4-6-12-10(8-11)5-7-14(18)16(12)3/h4,6,8-9,13H,5,7H2,1-3H3. The lowest BCUT2D eigenvalue weighted by molar-refractivity contribution is -0.118. The van der Waals surface area contributed by atoms with Gasteiger partial charge in [-0.1, -0.05) is 12.1 Å². The van der Waals surface area contributed by atoms with E-state index in [0.29, 0.717) is 6.42 Å². The molecule has 0 spiro atoms. The average molecular weight is 246 g/mol. The van der Waals surface area contributed by atoms with Crippen LogP contribution in [-0.4, -0.2) is 38.2 Å². The lowest BCUT2D eigenvalue weighted by Crippen LogP contribution is -2.31. The van der Waals surface area contributed by atoms with E-state index in [9.17, 15) is 9.59 Å². The molecule has 1 aromatic carbocycles. The first-order valence-electron chi connectivity index (χ1n) is 6.05. The highest BCUT2D eigenvalue weighted by molar-refractivity contribution is 5.95. The molecule has 1 aliphatic rings. The van der Waals surface area contributed by atoms with Gasteiger partial charge in [-0.05, 0) is 37.7 Å². The van der Waals surface area contributed by atoms with E-state index in [-0.39, 0.29) is 11.9 Å². The number of amides is 1. The summed E-state index contributed by atoms with van der Waals surface area (Å²) < 4.78 is 0. The van der Waals surface area contributed by atoms with Crippen LogP contribution in [0, 0.1) is 0 Å². The smallest absolute Gasteiger partial charge is 0.227 e. The zero-order valence-corrected chi connectivity index (χ0v) is 11.0. The molecule has 1 unspecified atom stereocenters. The van der Waals surface area contributed by atoms with Crippen LogP contribution in [0.2, 0.25) is 0 Å². The van der Waals surface area contributed by atoms with Crippen LogP contribution in [0.15, 0.2) is 18.2 Å². The predicted molar refractivity (Wildman–Crippen MR) is 70.7 cm³/mol. The zero-order valence-electron chi connectivity index (χ0n) is 11.0. The van der Waals surface area contributed by atoms with Crippen molar-refractivity contribution in [1.29, 1.82) is 0 Å². The second kappa shape index (κ2) is 4.90. The third kappa shape index (κ3) is 2.16. The first-order valence-corrected chi connectivity index (χ1v) is 6.05. The Bertz CT molecular complexity index is 483. The number of carbonyl (C=O) groups excluding carboxylic acids is 2. The first-order chi connectivity index (χ1) is 8.54. The molecule has 0 radical (unpaired) electrons. The van der Waals surface area contributed by atoms with Crippen LogP contribution in [0.1, 0.15) is 23.6 Å². The van der Waals surface area contributed by atoms with Crippen LogP contribution < -0.4 is 4.90 Å². The average Bonchev–Trinajstić information content (AvgIpc) is 2.34. The number of nitrogens with zero attached hydrogens (tertiary/aromatic N) is 2. The Hall–Kier alpha value is -1.68. The number of anilines is 1. The minimum atomic E-state index is -0.224. The van der Waals surface area contributed by atoms with E-state index in [0.717, 1.165) is 29.5 Å². The van der Waals surface area contributed by atoms with Crippen molar-refractivity contribution in [3.8, 4) is 0 Å². The lowest BCUT2D eigenvalue weighted by Gasteiger charge is -2.27. The number of carbonyl (C=O) groups is 2. The quantitative estimate of drug-likeness (QED) is 0.757. The summed E-state index contributed by atoms with van der Waals surface area (Å²) in [7, 11) is 5.56. The van der Waals surface area contributed by atoms with Gasteiger partial charge >= 0.3 is 0 Å². The van der Waals surface area contributed by atoms with Gasteiger partial charge in [-0.2, -0.15) is 0 Å². The van der Waals surface area contributed by atoms with Gasteiger partial charge in [0.2, 0.25) is 5.91 Å². The molecule has 1 amide bonds. The summed E-state index contributed by atoms with van der Waals surface area (Å²) in [6.45, 7) is 0. The maximum absolute atomic E-state index is 11.6. The Morgan fingerprint density at radius 1 is 1.33 bits per heavy atom. The summed E-state index contributed by atoms with van der Waals surface area (Å²) in [5.41, 5.74) is 3.08. The summed E-state index contributed by atoms with van der Waals surface area (Å²) in [5.74, 6) is 0.148. The SMILES string of the molecule is CN1C(=O)CCc2cc(C(C=O)N(C)C)ccc21. The van der Waals surface area contributed by atoms with Crippen LogP contribution in [-0.2, 0) is 16.0 Å². The summed E-state index contributed by atoms with van der Waals surface area (Å²) in [4.78, 5) is 26.3. The van der Waals surface area contributed by atoms with E-state index in [4.69, 9.17) is 0 Å². The summed E-state index contributed by atoms with van der Waals surface area (Å²) >= 11 is 0. The molecule has 0 bridgehead atoms. The van der Waals surface area contributed by atoms with Gasteiger partial charge in [0.15, 0.2) is 0 Å². The second-order valence-electron chi connectivity index (χ2n) is 4.89. The number of aldehydes is 1. The van der Waals surface area contributed by atoms with E-state index >= 15 is 0 Å². The lowest BCUT2D eigenvalue weighted by atomic mass is 9.96. The van der Waals surface area contributed by atoms with E-state index < -0.39 is 0 Å². The molecule has 1 aliphatic heterocycles. The molecule has 0 aromatic heterocycles. The molecule has 0 fully saturated rings. The number of rotatable bonds is 3. The Kier molecular flexibility index (Phi) is 3.48. The van der Waals surface area contributed by atoms with Gasteiger partial charge in [-0.3, -0.25) is 9.69 Å². The number of aryl methyl sites for hydroxylation is 1. The van der Waals surface area contributed by atoms with Crippen LogP contribution in [0.3, 0.4) is 0 Å². The van der Waals surface area contributed by atoms with Gasteiger partial charge in [-0.25, -0.2) is 0 Å². The molecule has 0 N–H and O–H groups in total. The minimum Gasteiger partial charge on any atom is -0.315 e. The maximum atomic E-state index is 11.6. The normalized spacial score (nSPS) is 16.7. The first kappa shape index (κ1) is 12.8. The Morgan fingerprint density at radius 2 is 2.06 bits per heavy atom. The molecular formula is C14H18N2O2. The summed E-state index contributed by atoms with van der Waals surface area (Å²) in [6.07, 6.45) is 2.24. The molecule has 4 heteroatoms. The number of hydrogen-bond acceptors (Lipinski definition) is 3. The third-order valence-corrected chi connectivity index (χ3v) is 3.47. The molecule has 18 heavy (non-hydrogen) atoms. The van der Waals surface area contributed by atoms with E-state index in [1.807, 2.05) is 37.2 Å². The second-order valence-corrected chi connectivity index (χ2v) is 4.89. The van der Waals surface area contributed by atoms with Crippen molar-refractivity contribution < 1.29 is 9.59 Å². The number of likely N-dealkylation sites (N-methyl/N-ethyl adjacent to an activating group) is 1. The molecule has 1 heterocycles. The van der Waals surface area contributed by atoms with Crippen molar-refractivity contribution in [2.45, 2.75) is 18.9 Å². The topological polar surface area (TPSA) is 40.6 Å². The zero-order chi connectivity index (χ0) is 13.3. The van der Waals surface area contributed by atoms with Crippen molar-refractivity contribution in [2.75, 3.05) is 26.0 Å². The number of fused-ring (bicyclic) bond motifs is 1. The van der Waals surface area contributed by atoms with Gasteiger partial charge in [-0.15, -0.1) is 0 Å². The fourth-order valence-electron chi connectivity index (χ4n) is 2.36. The molecule has 96 valence electrons. The highest BCUT2D eigenvalue weighted by Crippen LogP contribution is 2.29. The number of hydrogen-bond donors (Lipinski definition) is 0. The van der Waals surface area contributed by atoms with Gasteiger partial charge in [0.25, 0.3) is 0 Å². The largest absolute Gasteiger partial charge is 0.315 e. The van der Waals surface area contributed by atoms with Crippen molar-refractivity contribution in [2.24, 2.45) is 0 Å². The Balaban J connectivity index is 2.39. The minimum absolute atomic E-state index is 0.148. The summed E-state index contributed by atoms with van der Waals surface area (Å²) in [5, 5.41) is 0. The highest BCUT2D eigenvalue weighted by Gasteiger charge is 2.22. The number of benzene rings is 1. The fourth-order valence-corrected chi connectivity index (χ4v) is 2.36. The molecule has 0 saturated heterocycles. The van der Waals surface area contributed by atoms with Gasteiger partial charge < -0.3 is 9.69 Å². The van der Waals surface area contributed by atoms with Crippen molar-refractivity contribution >= 4 is 17.9 Å². The van der Waals surface area contributed by atoms with Gasteiger partial charge in [0.1, 0.15) is 6.29 Å². The fraction of sp³-hybridized carbons (Fsp3) is 0.429. The van der Waals surface area contributed by atoms with Crippen LogP contribution in [0.25, 0.3) is 0 Å². The molecule has 0 saturated carbocycles. The van der Waals surface area contributed by atoms with E-state index in [1.54, 1.807) is 11.9 Å².